The zero-order valence-electron chi connectivity index (χ0n) is 11.3. The molecule has 2 N–H and O–H groups in total. The molecule has 1 aromatic heterocycles. The number of carboxylic acid groups (broad SMARTS) is 2. The Bertz CT molecular complexity index is 658. The summed E-state index contributed by atoms with van der Waals surface area (Å²) < 4.78 is 10.2. The number of rotatable bonds is 6. The van der Waals surface area contributed by atoms with Crippen LogP contribution in [-0.4, -0.2) is 29.3 Å². The lowest BCUT2D eigenvalue weighted by atomic mass is 9.94. The average molecular weight is 290 g/mol. The van der Waals surface area contributed by atoms with Crippen LogP contribution in [0.15, 0.2) is 40.8 Å². The highest BCUT2D eigenvalue weighted by Crippen LogP contribution is 2.25. The second-order valence-electron chi connectivity index (χ2n) is 4.44. The molecule has 1 aromatic carbocycles. The first-order valence-electron chi connectivity index (χ1n) is 6.20. The number of carbonyl (C=O) groups is 2. The normalized spacial score (nSPS) is 11.9. The van der Waals surface area contributed by atoms with Crippen molar-refractivity contribution in [2.24, 2.45) is 0 Å². The van der Waals surface area contributed by atoms with Crippen molar-refractivity contribution in [2.45, 2.75) is 12.3 Å². The lowest BCUT2D eigenvalue weighted by Crippen LogP contribution is -2.14. The van der Waals surface area contributed by atoms with Gasteiger partial charge in [0.05, 0.1) is 13.0 Å². The van der Waals surface area contributed by atoms with Crippen LogP contribution >= 0.6 is 0 Å². The van der Waals surface area contributed by atoms with E-state index in [1.54, 1.807) is 24.3 Å². The molecule has 0 amide bonds. The number of benzene rings is 1. The van der Waals surface area contributed by atoms with E-state index in [9.17, 15) is 14.7 Å². The van der Waals surface area contributed by atoms with Gasteiger partial charge in [-0.25, -0.2) is 4.79 Å². The Labute approximate surface area is 120 Å². The summed E-state index contributed by atoms with van der Waals surface area (Å²) in [6.45, 7) is 0. The molecule has 1 atom stereocenters. The largest absolute Gasteiger partial charge is 0.497 e. The summed E-state index contributed by atoms with van der Waals surface area (Å²) in [6, 6.07) is 9.52. The zero-order chi connectivity index (χ0) is 15.4. The number of methoxy groups -OCH3 is 1. The van der Waals surface area contributed by atoms with Crippen molar-refractivity contribution in [1.29, 1.82) is 0 Å². The second kappa shape index (κ2) is 6.13. The second-order valence-corrected chi connectivity index (χ2v) is 4.44. The Kier molecular flexibility index (Phi) is 4.27. The third-order valence-electron chi connectivity index (χ3n) is 3.07. The number of carboxylic acids is 2. The van der Waals surface area contributed by atoms with Gasteiger partial charge in [-0.05, 0) is 29.8 Å². The molecule has 2 rings (SSSR count). The molecule has 0 fully saturated rings. The van der Waals surface area contributed by atoms with E-state index in [0.717, 1.165) is 0 Å². The Hall–Kier alpha value is -2.76. The predicted molar refractivity (Wildman–Crippen MR) is 72.7 cm³/mol. The molecule has 0 aliphatic heterocycles. The monoisotopic (exact) mass is 290 g/mol. The van der Waals surface area contributed by atoms with Crippen LogP contribution in [0.3, 0.4) is 0 Å². The summed E-state index contributed by atoms with van der Waals surface area (Å²) in [6.07, 6.45) is 0.0653. The molecule has 1 heterocycles. The minimum absolute atomic E-state index is 0.0653. The molecule has 21 heavy (non-hydrogen) atoms. The minimum Gasteiger partial charge on any atom is -0.497 e. The van der Waals surface area contributed by atoms with E-state index in [0.29, 0.717) is 17.1 Å². The number of hydrogen-bond donors (Lipinski definition) is 2. The Morgan fingerprint density at radius 1 is 1.24 bits per heavy atom. The molecule has 0 radical (unpaired) electrons. The SMILES string of the molecule is COc1cccc(C(Cc2ccc(C(=O)O)o2)C(=O)O)c1. The molecule has 2 aromatic rings. The number of hydrogen-bond acceptors (Lipinski definition) is 4. The van der Waals surface area contributed by atoms with Crippen LogP contribution in [0.5, 0.6) is 5.75 Å². The molecule has 0 bridgehead atoms. The summed E-state index contributed by atoms with van der Waals surface area (Å²) >= 11 is 0. The molecule has 6 heteroatoms. The molecule has 0 spiro atoms. The van der Waals surface area contributed by atoms with Gasteiger partial charge in [0.15, 0.2) is 0 Å². The van der Waals surface area contributed by atoms with Gasteiger partial charge >= 0.3 is 11.9 Å². The summed E-state index contributed by atoms with van der Waals surface area (Å²) in [4.78, 5) is 22.2. The Morgan fingerprint density at radius 3 is 2.57 bits per heavy atom. The van der Waals surface area contributed by atoms with Gasteiger partial charge < -0.3 is 19.4 Å². The summed E-state index contributed by atoms with van der Waals surface area (Å²) in [7, 11) is 1.50. The van der Waals surface area contributed by atoms with Crippen LogP contribution in [-0.2, 0) is 11.2 Å². The number of aromatic carboxylic acids is 1. The first-order chi connectivity index (χ1) is 10.0. The topological polar surface area (TPSA) is 97.0 Å². The van der Waals surface area contributed by atoms with Crippen LogP contribution in [0.1, 0.15) is 27.8 Å². The molecule has 6 nitrogen and oxygen atoms in total. The van der Waals surface area contributed by atoms with Crippen LogP contribution in [0, 0.1) is 0 Å². The van der Waals surface area contributed by atoms with Gasteiger partial charge in [0.1, 0.15) is 11.5 Å². The Balaban J connectivity index is 2.26. The zero-order valence-corrected chi connectivity index (χ0v) is 11.3. The average Bonchev–Trinajstić information content (AvgIpc) is 2.93. The lowest BCUT2D eigenvalue weighted by molar-refractivity contribution is -0.138. The molecular formula is C15H14O6. The molecule has 0 saturated heterocycles. The van der Waals surface area contributed by atoms with Gasteiger partial charge in [-0.2, -0.15) is 0 Å². The highest BCUT2D eigenvalue weighted by Gasteiger charge is 2.23. The highest BCUT2D eigenvalue weighted by molar-refractivity contribution is 5.84. The fraction of sp³-hybridized carbons (Fsp3) is 0.200. The first kappa shape index (κ1) is 14.6. The van der Waals surface area contributed by atoms with Crippen LogP contribution in [0.25, 0.3) is 0 Å². The molecule has 110 valence electrons. The van der Waals surface area contributed by atoms with E-state index < -0.39 is 17.9 Å². The maximum atomic E-state index is 11.4. The van der Waals surface area contributed by atoms with E-state index in [1.807, 2.05) is 0 Å². The molecular weight excluding hydrogens is 276 g/mol. The predicted octanol–water partition coefficient (Wildman–Crippen LogP) is 2.40. The maximum absolute atomic E-state index is 11.4. The van der Waals surface area contributed by atoms with Crippen molar-refractivity contribution >= 4 is 11.9 Å². The van der Waals surface area contributed by atoms with Crippen LogP contribution in [0.4, 0.5) is 0 Å². The van der Waals surface area contributed by atoms with E-state index >= 15 is 0 Å². The number of ether oxygens (including phenoxy) is 1. The van der Waals surface area contributed by atoms with Crippen molar-refractivity contribution in [3.8, 4) is 5.75 Å². The van der Waals surface area contributed by atoms with E-state index in [4.69, 9.17) is 14.3 Å². The fourth-order valence-electron chi connectivity index (χ4n) is 2.01. The van der Waals surface area contributed by atoms with Crippen molar-refractivity contribution in [3.05, 3.63) is 53.5 Å². The van der Waals surface area contributed by atoms with Crippen molar-refractivity contribution < 1.29 is 29.0 Å². The quantitative estimate of drug-likeness (QED) is 0.847. The highest BCUT2D eigenvalue weighted by atomic mass is 16.5. The third-order valence-corrected chi connectivity index (χ3v) is 3.07. The van der Waals surface area contributed by atoms with E-state index in [2.05, 4.69) is 0 Å². The van der Waals surface area contributed by atoms with Crippen molar-refractivity contribution in [1.82, 2.24) is 0 Å². The minimum atomic E-state index is -1.19. The first-order valence-corrected chi connectivity index (χ1v) is 6.20. The van der Waals surface area contributed by atoms with E-state index in [1.165, 1.54) is 19.2 Å². The summed E-state index contributed by atoms with van der Waals surface area (Å²) in [5.41, 5.74) is 0.565. The Morgan fingerprint density at radius 2 is 2.00 bits per heavy atom. The van der Waals surface area contributed by atoms with E-state index in [-0.39, 0.29) is 12.2 Å². The van der Waals surface area contributed by atoms with Gasteiger partial charge in [0.2, 0.25) is 5.76 Å². The smallest absolute Gasteiger partial charge is 0.371 e. The fourth-order valence-corrected chi connectivity index (χ4v) is 2.01. The standard InChI is InChI=1S/C15H14O6/c1-20-10-4-2-3-9(7-10)12(14(16)17)8-11-5-6-13(21-11)15(18)19/h2-7,12H,8H2,1H3,(H,16,17)(H,18,19). The van der Waals surface area contributed by atoms with Gasteiger partial charge in [0.25, 0.3) is 0 Å². The van der Waals surface area contributed by atoms with Crippen molar-refractivity contribution in [3.63, 3.8) is 0 Å². The molecule has 0 saturated carbocycles. The number of furan rings is 1. The van der Waals surface area contributed by atoms with Gasteiger partial charge in [0, 0.05) is 6.42 Å². The number of aliphatic carboxylic acids is 1. The third kappa shape index (κ3) is 3.42. The van der Waals surface area contributed by atoms with Gasteiger partial charge in [-0.1, -0.05) is 12.1 Å². The van der Waals surface area contributed by atoms with Crippen molar-refractivity contribution in [2.75, 3.05) is 7.11 Å². The summed E-state index contributed by atoms with van der Waals surface area (Å²) in [5.74, 6) is -2.38. The molecule has 0 aliphatic rings. The van der Waals surface area contributed by atoms with Gasteiger partial charge in [-0.15, -0.1) is 0 Å². The van der Waals surface area contributed by atoms with Crippen LogP contribution in [0.2, 0.25) is 0 Å². The summed E-state index contributed by atoms with van der Waals surface area (Å²) in [5, 5.41) is 18.2. The molecule has 1 unspecified atom stereocenters. The van der Waals surface area contributed by atoms with Gasteiger partial charge in [-0.3, -0.25) is 4.79 Å². The maximum Gasteiger partial charge on any atom is 0.371 e. The lowest BCUT2D eigenvalue weighted by Gasteiger charge is -2.12. The molecule has 0 aliphatic carbocycles. The van der Waals surface area contributed by atoms with Crippen LogP contribution < -0.4 is 4.74 Å².